The van der Waals surface area contributed by atoms with Crippen LogP contribution < -0.4 is 0 Å². The van der Waals surface area contributed by atoms with Crippen molar-refractivity contribution in [3.05, 3.63) is 63.7 Å². The zero-order valence-corrected chi connectivity index (χ0v) is 10.1. The van der Waals surface area contributed by atoms with Crippen LogP contribution in [0.25, 0.3) is 0 Å². The summed E-state index contributed by atoms with van der Waals surface area (Å²) in [6.07, 6.45) is 0.596. The first-order valence-electron chi connectivity index (χ1n) is 5.44. The molecule has 4 nitrogen and oxygen atoms in total. The Labute approximate surface area is 106 Å². The molecule has 5 heteroatoms. The van der Waals surface area contributed by atoms with E-state index in [4.69, 9.17) is 0 Å². The van der Waals surface area contributed by atoms with Gasteiger partial charge in [-0.05, 0) is 23.3 Å². The Hall–Kier alpha value is -2.01. The van der Waals surface area contributed by atoms with Gasteiger partial charge >= 0.3 is 0 Å². The van der Waals surface area contributed by atoms with Crippen LogP contribution in [-0.4, -0.2) is 9.13 Å². The molecule has 0 aliphatic carbocycles. The fourth-order valence-electron chi connectivity index (χ4n) is 2.15. The molecule has 1 aliphatic rings. The van der Waals surface area contributed by atoms with Crippen molar-refractivity contribution in [1.29, 1.82) is 0 Å². The van der Waals surface area contributed by atoms with Gasteiger partial charge in [-0.1, -0.05) is 18.2 Å². The van der Waals surface area contributed by atoms with E-state index in [2.05, 4.69) is 0 Å². The summed E-state index contributed by atoms with van der Waals surface area (Å²) in [5, 5.41) is 10.7. The molecule has 90 valence electrons. The average molecular weight is 259 g/mol. The second-order valence-electron chi connectivity index (χ2n) is 4.10. The molecule has 1 unspecified atom stereocenters. The van der Waals surface area contributed by atoms with E-state index in [1.807, 2.05) is 24.3 Å². The molecule has 0 aromatic heterocycles. The molecule has 0 spiro atoms. The summed E-state index contributed by atoms with van der Waals surface area (Å²) in [7, 11) is -1.23. The smallest absolute Gasteiger partial charge is 0.258 e. The molecular formula is C13H9NO3S. The fraction of sp³-hybridized carbons (Fsp3) is 0.0769. The Morgan fingerprint density at radius 2 is 1.78 bits per heavy atom. The summed E-state index contributed by atoms with van der Waals surface area (Å²) in [5.41, 5.74) is 1.80. The van der Waals surface area contributed by atoms with E-state index >= 15 is 0 Å². The van der Waals surface area contributed by atoms with E-state index in [0.29, 0.717) is 11.3 Å². The molecule has 0 fully saturated rings. The highest BCUT2D eigenvalue weighted by Gasteiger charge is 2.23. The van der Waals surface area contributed by atoms with Gasteiger partial charge in [0.25, 0.3) is 5.69 Å². The third kappa shape index (κ3) is 1.64. The van der Waals surface area contributed by atoms with Gasteiger partial charge in [0.2, 0.25) is 0 Å². The number of nitro groups is 1. The van der Waals surface area contributed by atoms with Crippen molar-refractivity contribution < 1.29 is 9.13 Å². The number of nitrogens with zero attached hydrogens (tertiary/aromatic N) is 1. The standard InChI is InChI=1S/C13H9NO3S/c15-14(16)11-5-6-13-10(8-11)7-9-3-1-2-4-12(9)18(13)17/h1-6,8H,7H2. The Balaban J connectivity index is 2.16. The van der Waals surface area contributed by atoms with Crippen molar-refractivity contribution in [1.82, 2.24) is 0 Å². The largest absolute Gasteiger partial charge is 0.269 e. The van der Waals surface area contributed by atoms with Gasteiger partial charge in [0.05, 0.1) is 15.7 Å². The second kappa shape index (κ2) is 4.03. The van der Waals surface area contributed by atoms with Gasteiger partial charge in [-0.25, -0.2) is 4.21 Å². The van der Waals surface area contributed by atoms with Gasteiger partial charge < -0.3 is 0 Å². The molecule has 0 amide bonds. The van der Waals surface area contributed by atoms with E-state index < -0.39 is 15.7 Å². The number of benzene rings is 2. The van der Waals surface area contributed by atoms with E-state index in [1.165, 1.54) is 12.1 Å². The Kier molecular flexibility index (Phi) is 2.48. The lowest BCUT2D eigenvalue weighted by atomic mass is 10.0. The van der Waals surface area contributed by atoms with E-state index in [0.717, 1.165) is 16.0 Å². The van der Waals surface area contributed by atoms with Gasteiger partial charge in [0.15, 0.2) is 0 Å². The molecule has 18 heavy (non-hydrogen) atoms. The quantitative estimate of drug-likeness (QED) is 0.498. The third-order valence-corrected chi connectivity index (χ3v) is 4.60. The van der Waals surface area contributed by atoms with Crippen molar-refractivity contribution in [2.75, 3.05) is 0 Å². The number of rotatable bonds is 1. The minimum atomic E-state index is -1.23. The van der Waals surface area contributed by atoms with E-state index in [1.54, 1.807) is 6.07 Å². The van der Waals surface area contributed by atoms with Crippen LogP contribution in [0.4, 0.5) is 5.69 Å². The van der Waals surface area contributed by atoms with Crippen LogP contribution >= 0.6 is 0 Å². The van der Waals surface area contributed by atoms with Gasteiger partial charge in [0, 0.05) is 28.3 Å². The first kappa shape index (κ1) is 11.1. The normalized spacial score (nSPS) is 16.8. The van der Waals surface area contributed by atoms with Crippen LogP contribution in [0.15, 0.2) is 52.3 Å². The molecule has 2 aromatic rings. The molecule has 1 heterocycles. The van der Waals surface area contributed by atoms with Crippen molar-refractivity contribution in [3.63, 3.8) is 0 Å². The minimum Gasteiger partial charge on any atom is -0.258 e. The van der Waals surface area contributed by atoms with E-state index in [-0.39, 0.29) is 5.69 Å². The van der Waals surface area contributed by atoms with Crippen LogP contribution in [0.2, 0.25) is 0 Å². The maximum atomic E-state index is 12.3. The number of non-ortho nitro benzene ring substituents is 1. The topological polar surface area (TPSA) is 60.2 Å². The number of nitro benzene ring substituents is 1. The monoisotopic (exact) mass is 259 g/mol. The van der Waals surface area contributed by atoms with Crippen LogP contribution in [-0.2, 0) is 17.2 Å². The lowest BCUT2D eigenvalue weighted by molar-refractivity contribution is -0.385. The summed E-state index contributed by atoms with van der Waals surface area (Å²) < 4.78 is 12.3. The first-order valence-corrected chi connectivity index (χ1v) is 6.59. The second-order valence-corrected chi connectivity index (χ2v) is 5.52. The molecule has 0 N–H and O–H groups in total. The molecule has 0 radical (unpaired) electrons. The van der Waals surface area contributed by atoms with Crippen molar-refractivity contribution >= 4 is 16.5 Å². The van der Waals surface area contributed by atoms with Crippen molar-refractivity contribution in [2.24, 2.45) is 0 Å². The minimum absolute atomic E-state index is 0.0464. The van der Waals surface area contributed by atoms with Gasteiger partial charge in [-0.2, -0.15) is 0 Å². The zero-order chi connectivity index (χ0) is 12.7. The van der Waals surface area contributed by atoms with Crippen LogP contribution in [0, 0.1) is 10.1 Å². The Bertz CT molecular complexity index is 682. The Morgan fingerprint density at radius 1 is 1.06 bits per heavy atom. The van der Waals surface area contributed by atoms with Crippen molar-refractivity contribution in [2.45, 2.75) is 16.2 Å². The van der Waals surface area contributed by atoms with Gasteiger partial charge in [-0.3, -0.25) is 10.1 Å². The predicted molar refractivity (Wildman–Crippen MR) is 67.0 cm³/mol. The molecule has 3 rings (SSSR count). The maximum Gasteiger partial charge on any atom is 0.269 e. The van der Waals surface area contributed by atoms with Gasteiger partial charge in [0.1, 0.15) is 0 Å². The molecule has 0 saturated carbocycles. The van der Waals surface area contributed by atoms with Crippen molar-refractivity contribution in [3.8, 4) is 0 Å². The number of fused-ring (bicyclic) bond motifs is 2. The molecule has 1 aliphatic heterocycles. The molecule has 0 bridgehead atoms. The van der Waals surface area contributed by atoms with Gasteiger partial charge in [-0.15, -0.1) is 0 Å². The number of hydrogen-bond donors (Lipinski definition) is 0. The predicted octanol–water partition coefficient (Wildman–Crippen LogP) is 2.67. The van der Waals surface area contributed by atoms with Crippen LogP contribution in [0.5, 0.6) is 0 Å². The lowest BCUT2D eigenvalue weighted by Gasteiger charge is -2.18. The SMILES string of the molecule is O=[N+]([O-])c1ccc2c(c1)Cc1ccccc1S2=O. The van der Waals surface area contributed by atoms with E-state index in [9.17, 15) is 14.3 Å². The lowest BCUT2D eigenvalue weighted by Crippen LogP contribution is -2.09. The third-order valence-electron chi connectivity index (χ3n) is 3.01. The summed E-state index contributed by atoms with van der Waals surface area (Å²) in [6, 6.07) is 12.0. The first-order chi connectivity index (χ1) is 8.66. The Morgan fingerprint density at radius 3 is 2.56 bits per heavy atom. The summed E-state index contributed by atoms with van der Waals surface area (Å²) in [6.45, 7) is 0. The van der Waals surface area contributed by atoms with Crippen LogP contribution in [0.1, 0.15) is 11.1 Å². The zero-order valence-electron chi connectivity index (χ0n) is 9.33. The highest BCUT2D eigenvalue weighted by Crippen LogP contribution is 2.33. The summed E-state index contributed by atoms with van der Waals surface area (Å²) in [5.74, 6) is 0. The highest BCUT2D eigenvalue weighted by molar-refractivity contribution is 7.85. The molecule has 2 aromatic carbocycles. The summed E-state index contributed by atoms with van der Waals surface area (Å²) in [4.78, 5) is 11.8. The highest BCUT2D eigenvalue weighted by atomic mass is 32.2. The molecular weight excluding hydrogens is 250 g/mol. The average Bonchev–Trinajstić information content (AvgIpc) is 2.38. The van der Waals surface area contributed by atoms with Crippen LogP contribution in [0.3, 0.4) is 0 Å². The molecule has 0 saturated heterocycles. The maximum absolute atomic E-state index is 12.3. The molecule has 1 atom stereocenters. The number of hydrogen-bond acceptors (Lipinski definition) is 3. The summed E-state index contributed by atoms with van der Waals surface area (Å²) >= 11 is 0. The fourth-order valence-corrected chi connectivity index (χ4v) is 3.53.